The first-order valence-corrected chi connectivity index (χ1v) is 6.77. The average molecular weight is 281 g/mol. The summed E-state index contributed by atoms with van der Waals surface area (Å²) < 4.78 is 21.4. The Hall–Kier alpha value is -1.46. The van der Waals surface area contributed by atoms with Gasteiger partial charge in [-0.05, 0) is 18.9 Å². The second-order valence-electron chi connectivity index (χ2n) is 4.90. The van der Waals surface area contributed by atoms with E-state index in [2.05, 4.69) is 5.32 Å². The second kappa shape index (κ2) is 6.81. The van der Waals surface area contributed by atoms with Gasteiger partial charge in [-0.2, -0.15) is 0 Å². The monoisotopic (exact) mass is 281 g/mol. The van der Waals surface area contributed by atoms with E-state index in [4.69, 9.17) is 18.9 Å². The molecule has 0 aromatic heterocycles. The van der Waals surface area contributed by atoms with Crippen molar-refractivity contribution in [2.24, 2.45) is 0 Å². The molecule has 0 aliphatic heterocycles. The average Bonchev–Trinajstić information content (AvgIpc) is 2.44. The van der Waals surface area contributed by atoms with Gasteiger partial charge in [0.15, 0.2) is 11.5 Å². The third-order valence-corrected chi connectivity index (χ3v) is 3.80. The Balaban J connectivity index is 2.04. The van der Waals surface area contributed by atoms with E-state index in [-0.39, 0.29) is 0 Å². The first-order valence-electron chi connectivity index (χ1n) is 6.77. The molecule has 1 aliphatic carbocycles. The topological polar surface area (TPSA) is 49.0 Å². The maximum absolute atomic E-state index is 5.47. The van der Waals surface area contributed by atoms with Crippen molar-refractivity contribution in [3.8, 4) is 17.2 Å². The number of nitrogens with one attached hydrogen (secondary N) is 1. The normalized spacial score (nSPS) is 21.2. The Morgan fingerprint density at radius 1 is 1.00 bits per heavy atom. The van der Waals surface area contributed by atoms with Crippen LogP contribution in [0.15, 0.2) is 12.1 Å². The Bertz CT molecular complexity index is 444. The van der Waals surface area contributed by atoms with E-state index < -0.39 is 0 Å². The molecule has 0 radical (unpaired) electrons. The van der Waals surface area contributed by atoms with Crippen LogP contribution in [0.5, 0.6) is 17.2 Å². The van der Waals surface area contributed by atoms with Crippen molar-refractivity contribution in [1.29, 1.82) is 0 Å². The third-order valence-electron chi connectivity index (χ3n) is 3.80. The summed E-state index contributed by atoms with van der Waals surface area (Å²) in [6, 6.07) is 4.41. The Morgan fingerprint density at radius 2 is 1.70 bits per heavy atom. The van der Waals surface area contributed by atoms with Crippen LogP contribution in [0.2, 0.25) is 0 Å². The zero-order chi connectivity index (χ0) is 14.5. The molecular weight excluding hydrogens is 258 g/mol. The molecule has 0 bridgehead atoms. The van der Waals surface area contributed by atoms with Gasteiger partial charge in [-0.25, -0.2) is 0 Å². The minimum Gasteiger partial charge on any atom is -0.493 e. The number of benzene rings is 1. The molecule has 112 valence electrons. The fraction of sp³-hybridized carbons (Fsp3) is 0.600. The van der Waals surface area contributed by atoms with Crippen molar-refractivity contribution in [3.05, 3.63) is 17.7 Å². The van der Waals surface area contributed by atoms with Gasteiger partial charge in [0.05, 0.1) is 27.4 Å². The molecule has 0 spiro atoms. The van der Waals surface area contributed by atoms with E-state index in [0.717, 1.165) is 30.7 Å². The van der Waals surface area contributed by atoms with E-state index in [1.165, 1.54) is 0 Å². The van der Waals surface area contributed by atoms with Gasteiger partial charge in [0.1, 0.15) is 0 Å². The zero-order valence-corrected chi connectivity index (χ0v) is 12.6. The lowest BCUT2D eigenvalue weighted by Gasteiger charge is -2.35. The fourth-order valence-corrected chi connectivity index (χ4v) is 2.48. The molecule has 1 aromatic carbocycles. The minimum absolute atomic E-state index is 0.403. The summed E-state index contributed by atoms with van der Waals surface area (Å²) in [4.78, 5) is 0. The van der Waals surface area contributed by atoms with Crippen LogP contribution < -0.4 is 19.5 Å². The van der Waals surface area contributed by atoms with E-state index in [1.54, 1.807) is 28.4 Å². The SMILES string of the molecule is COc1ccc(CNC2CC(OC)C2)c(OC)c1OC. The summed E-state index contributed by atoms with van der Waals surface area (Å²) in [6.07, 6.45) is 2.53. The summed E-state index contributed by atoms with van der Waals surface area (Å²) >= 11 is 0. The van der Waals surface area contributed by atoms with Crippen LogP contribution in [0.3, 0.4) is 0 Å². The number of hydrogen-bond donors (Lipinski definition) is 1. The third kappa shape index (κ3) is 2.99. The fourth-order valence-electron chi connectivity index (χ4n) is 2.48. The maximum atomic E-state index is 5.47. The highest BCUT2D eigenvalue weighted by molar-refractivity contribution is 5.55. The molecule has 5 nitrogen and oxygen atoms in total. The standard InChI is InChI=1S/C15H23NO4/c1-17-12-7-11(8-12)16-9-10-5-6-13(18-2)15(20-4)14(10)19-3/h5-6,11-12,16H,7-9H2,1-4H3. The summed E-state index contributed by atoms with van der Waals surface area (Å²) in [6.45, 7) is 0.741. The van der Waals surface area contributed by atoms with Crippen LogP contribution in [0.1, 0.15) is 18.4 Å². The van der Waals surface area contributed by atoms with E-state index >= 15 is 0 Å². The molecule has 1 fully saturated rings. The lowest BCUT2D eigenvalue weighted by Crippen LogP contribution is -2.44. The van der Waals surface area contributed by atoms with Crippen molar-refractivity contribution in [3.63, 3.8) is 0 Å². The highest BCUT2D eigenvalue weighted by atomic mass is 16.5. The molecule has 0 saturated heterocycles. The van der Waals surface area contributed by atoms with Gasteiger partial charge >= 0.3 is 0 Å². The molecule has 0 unspecified atom stereocenters. The molecule has 5 heteroatoms. The van der Waals surface area contributed by atoms with Crippen molar-refractivity contribution < 1.29 is 18.9 Å². The van der Waals surface area contributed by atoms with Crippen molar-refractivity contribution in [2.45, 2.75) is 31.5 Å². The molecular formula is C15H23NO4. The molecule has 0 atom stereocenters. The van der Waals surface area contributed by atoms with Gasteiger partial charge in [0.2, 0.25) is 5.75 Å². The first-order chi connectivity index (χ1) is 9.73. The Labute approximate surface area is 120 Å². The maximum Gasteiger partial charge on any atom is 0.203 e. The Morgan fingerprint density at radius 3 is 2.25 bits per heavy atom. The molecule has 0 heterocycles. The zero-order valence-electron chi connectivity index (χ0n) is 12.6. The molecule has 20 heavy (non-hydrogen) atoms. The van der Waals surface area contributed by atoms with Crippen LogP contribution >= 0.6 is 0 Å². The number of rotatable bonds is 7. The van der Waals surface area contributed by atoms with Crippen LogP contribution in [0.25, 0.3) is 0 Å². The highest BCUT2D eigenvalue weighted by Crippen LogP contribution is 2.39. The molecule has 1 aromatic rings. The summed E-state index contributed by atoms with van der Waals surface area (Å²) in [5.74, 6) is 2.04. The predicted octanol–water partition coefficient (Wildman–Crippen LogP) is 1.98. The van der Waals surface area contributed by atoms with Crippen molar-refractivity contribution in [1.82, 2.24) is 5.32 Å². The molecule has 0 amide bonds. The van der Waals surface area contributed by atoms with E-state index in [9.17, 15) is 0 Å². The first kappa shape index (κ1) is 14.9. The van der Waals surface area contributed by atoms with Gasteiger partial charge < -0.3 is 24.3 Å². The van der Waals surface area contributed by atoms with Crippen molar-refractivity contribution in [2.75, 3.05) is 28.4 Å². The van der Waals surface area contributed by atoms with Crippen LogP contribution in [-0.2, 0) is 11.3 Å². The number of hydrogen-bond acceptors (Lipinski definition) is 5. The minimum atomic E-state index is 0.403. The smallest absolute Gasteiger partial charge is 0.203 e. The van der Waals surface area contributed by atoms with Crippen LogP contribution in [0, 0.1) is 0 Å². The number of ether oxygens (including phenoxy) is 4. The van der Waals surface area contributed by atoms with E-state index in [1.807, 2.05) is 12.1 Å². The Kier molecular flexibility index (Phi) is 5.09. The lowest BCUT2D eigenvalue weighted by molar-refractivity contribution is 0.0169. The van der Waals surface area contributed by atoms with Gasteiger partial charge in [0.25, 0.3) is 0 Å². The van der Waals surface area contributed by atoms with E-state index in [0.29, 0.717) is 23.6 Å². The van der Waals surface area contributed by atoms with Gasteiger partial charge in [-0.3, -0.25) is 0 Å². The highest BCUT2D eigenvalue weighted by Gasteiger charge is 2.28. The molecule has 1 N–H and O–H groups in total. The van der Waals surface area contributed by atoms with Crippen molar-refractivity contribution >= 4 is 0 Å². The molecule has 2 rings (SSSR count). The predicted molar refractivity (Wildman–Crippen MR) is 76.8 cm³/mol. The van der Waals surface area contributed by atoms with Gasteiger partial charge in [-0.1, -0.05) is 6.07 Å². The van der Waals surface area contributed by atoms with Crippen LogP contribution in [0.4, 0.5) is 0 Å². The largest absolute Gasteiger partial charge is 0.493 e. The summed E-state index contributed by atoms with van der Waals surface area (Å²) in [7, 11) is 6.64. The van der Waals surface area contributed by atoms with Gasteiger partial charge in [-0.15, -0.1) is 0 Å². The molecule has 1 saturated carbocycles. The van der Waals surface area contributed by atoms with Gasteiger partial charge in [0, 0.05) is 25.3 Å². The quantitative estimate of drug-likeness (QED) is 0.828. The molecule has 1 aliphatic rings. The lowest BCUT2D eigenvalue weighted by atomic mass is 9.89. The van der Waals surface area contributed by atoms with Crippen LogP contribution in [-0.4, -0.2) is 40.6 Å². The number of methoxy groups -OCH3 is 4. The summed E-state index contributed by atoms with van der Waals surface area (Å²) in [5.41, 5.74) is 1.06. The second-order valence-corrected chi connectivity index (χ2v) is 4.90. The summed E-state index contributed by atoms with van der Waals surface area (Å²) in [5, 5.41) is 3.51.